The first-order valence-corrected chi connectivity index (χ1v) is 8.98. The van der Waals surface area contributed by atoms with E-state index in [2.05, 4.69) is 15.9 Å². The van der Waals surface area contributed by atoms with Crippen molar-refractivity contribution in [2.45, 2.75) is 25.3 Å². The van der Waals surface area contributed by atoms with Crippen molar-refractivity contribution in [3.8, 4) is 11.5 Å². The van der Waals surface area contributed by atoms with Crippen LogP contribution < -0.4 is 9.47 Å². The van der Waals surface area contributed by atoms with Crippen molar-refractivity contribution in [3.05, 3.63) is 22.2 Å². The molecule has 1 saturated heterocycles. The average Bonchev–Trinajstić information content (AvgIpc) is 3.14. The number of nitrogens with zero attached hydrogens (tertiary/aromatic N) is 1. The fourth-order valence-corrected chi connectivity index (χ4v) is 4.79. The Labute approximate surface area is 147 Å². The normalized spacial score (nSPS) is 27.9. The molecule has 0 radical (unpaired) electrons. The number of halogens is 1. The molecule has 1 saturated carbocycles. The van der Waals surface area contributed by atoms with Gasteiger partial charge in [0.2, 0.25) is 0 Å². The highest BCUT2D eigenvalue weighted by molar-refractivity contribution is 9.10. The smallest absolute Gasteiger partial charge is 0.326 e. The third-order valence-corrected chi connectivity index (χ3v) is 5.84. The lowest BCUT2D eigenvalue weighted by Crippen LogP contribution is -2.43. The van der Waals surface area contributed by atoms with Crippen molar-refractivity contribution < 1.29 is 24.2 Å². The molecular weight excluding hydrogens is 378 g/mol. The van der Waals surface area contributed by atoms with Crippen molar-refractivity contribution in [2.24, 2.45) is 11.8 Å². The molecule has 6 nitrogen and oxygen atoms in total. The molecule has 0 bridgehead atoms. The molecule has 1 aromatic rings. The van der Waals surface area contributed by atoms with Crippen LogP contribution in [0, 0.1) is 11.8 Å². The molecule has 1 amide bonds. The first kappa shape index (κ1) is 15.7. The molecular formula is C17H18BrNO5. The summed E-state index contributed by atoms with van der Waals surface area (Å²) < 4.78 is 11.8. The molecule has 3 atom stereocenters. The second kappa shape index (κ2) is 5.95. The van der Waals surface area contributed by atoms with Crippen LogP contribution in [0.2, 0.25) is 0 Å². The molecule has 0 spiro atoms. The summed E-state index contributed by atoms with van der Waals surface area (Å²) >= 11 is 3.41. The van der Waals surface area contributed by atoms with Gasteiger partial charge in [-0.3, -0.25) is 4.79 Å². The lowest BCUT2D eigenvalue weighted by Gasteiger charge is -2.26. The highest BCUT2D eigenvalue weighted by atomic mass is 79.9. The van der Waals surface area contributed by atoms with Crippen LogP contribution in [-0.2, 0) is 4.79 Å². The van der Waals surface area contributed by atoms with Gasteiger partial charge in [-0.2, -0.15) is 0 Å². The van der Waals surface area contributed by atoms with Gasteiger partial charge in [-0.15, -0.1) is 0 Å². The van der Waals surface area contributed by atoms with E-state index in [1.807, 2.05) is 0 Å². The van der Waals surface area contributed by atoms with E-state index in [0.717, 1.165) is 19.3 Å². The quantitative estimate of drug-likeness (QED) is 0.832. The number of ether oxygens (including phenoxy) is 2. The second-order valence-corrected chi connectivity index (χ2v) is 7.43. The number of benzene rings is 1. The van der Waals surface area contributed by atoms with Gasteiger partial charge >= 0.3 is 5.97 Å². The number of carboxylic acid groups (broad SMARTS) is 1. The first-order valence-electron chi connectivity index (χ1n) is 8.19. The predicted octanol–water partition coefficient (Wildman–Crippen LogP) is 2.55. The van der Waals surface area contributed by atoms with E-state index >= 15 is 0 Å². The number of aliphatic carboxylic acids is 1. The van der Waals surface area contributed by atoms with Gasteiger partial charge < -0.3 is 19.5 Å². The Morgan fingerprint density at radius 2 is 2.00 bits per heavy atom. The fourth-order valence-electron chi connectivity index (χ4n) is 4.23. The number of carboxylic acids is 1. The molecule has 3 aliphatic rings. The monoisotopic (exact) mass is 395 g/mol. The van der Waals surface area contributed by atoms with Crippen LogP contribution in [0.15, 0.2) is 16.6 Å². The van der Waals surface area contributed by atoms with Gasteiger partial charge in [-0.1, -0.05) is 6.42 Å². The van der Waals surface area contributed by atoms with E-state index in [0.29, 0.717) is 47.2 Å². The topological polar surface area (TPSA) is 76.1 Å². The van der Waals surface area contributed by atoms with Crippen LogP contribution in [0.4, 0.5) is 0 Å². The van der Waals surface area contributed by atoms with Gasteiger partial charge in [0.05, 0.1) is 4.47 Å². The van der Waals surface area contributed by atoms with E-state index < -0.39 is 12.0 Å². The first-order chi connectivity index (χ1) is 11.6. The van der Waals surface area contributed by atoms with Gasteiger partial charge in [-0.25, -0.2) is 4.79 Å². The Morgan fingerprint density at radius 1 is 1.21 bits per heavy atom. The van der Waals surface area contributed by atoms with Crippen LogP contribution in [0.3, 0.4) is 0 Å². The van der Waals surface area contributed by atoms with Gasteiger partial charge in [0.25, 0.3) is 5.91 Å². The zero-order chi connectivity index (χ0) is 16.8. The minimum absolute atomic E-state index is 0.0760. The van der Waals surface area contributed by atoms with Crippen molar-refractivity contribution in [1.82, 2.24) is 4.90 Å². The van der Waals surface area contributed by atoms with E-state index in [4.69, 9.17) is 9.47 Å². The molecule has 7 heteroatoms. The van der Waals surface area contributed by atoms with Crippen LogP contribution >= 0.6 is 15.9 Å². The number of hydrogen-bond donors (Lipinski definition) is 1. The van der Waals surface area contributed by atoms with Gasteiger partial charge in [0.1, 0.15) is 19.3 Å². The molecule has 1 aliphatic carbocycles. The summed E-state index contributed by atoms with van der Waals surface area (Å²) in [5.74, 6) is 0.322. The summed E-state index contributed by atoms with van der Waals surface area (Å²) in [5.41, 5.74) is 0.428. The highest BCUT2D eigenvalue weighted by Crippen LogP contribution is 2.44. The second-order valence-electron chi connectivity index (χ2n) is 6.58. The summed E-state index contributed by atoms with van der Waals surface area (Å²) in [6.45, 7) is 1.42. The number of likely N-dealkylation sites (tertiary alicyclic amines) is 1. The molecule has 4 rings (SSSR count). The molecule has 0 aromatic heterocycles. The Kier molecular flexibility index (Phi) is 3.90. The van der Waals surface area contributed by atoms with Gasteiger partial charge in [-0.05, 0) is 52.7 Å². The summed E-state index contributed by atoms with van der Waals surface area (Å²) in [7, 11) is 0. The van der Waals surface area contributed by atoms with Crippen LogP contribution in [0.5, 0.6) is 11.5 Å². The summed E-state index contributed by atoms with van der Waals surface area (Å²) in [6, 6.07) is 2.61. The molecule has 1 aromatic carbocycles. The SMILES string of the molecule is O=C(O)C1C2CCCC2CN1C(=O)c1cc(Br)c2c(c1)OCCO2. The van der Waals surface area contributed by atoms with Crippen LogP contribution in [-0.4, -0.2) is 47.7 Å². The number of carbonyl (C=O) groups excluding carboxylic acids is 1. The van der Waals surface area contributed by atoms with Crippen molar-refractivity contribution in [3.63, 3.8) is 0 Å². The summed E-state index contributed by atoms with van der Waals surface area (Å²) in [4.78, 5) is 26.2. The van der Waals surface area contributed by atoms with Crippen molar-refractivity contribution in [1.29, 1.82) is 0 Å². The molecule has 2 heterocycles. The predicted molar refractivity (Wildman–Crippen MR) is 88.4 cm³/mol. The summed E-state index contributed by atoms with van der Waals surface area (Å²) in [5, 5.41) is 9.63. The van der Waals surface area contributed by atoms with Gasteiger partial charge in [0, 0.05) is 12.1 Å². The zero-order valence-corrected chi connectivity index (χ0v) is 14.6. The van der Waals surface area contributed by atoms with Crippen LogP contribution in [0.1, 0.15) is 29.6 Å². The van der Waals surface area contributed by atoms with E-state index in [-0.39, 0.29) is 11.8 Å². The summed E-state index contributed by atoms with van der Waals surface area (Å²) in [6.07, 6.45) is 2.94. The van der Waals surface area contributed by atoms with E-state index in [9.17, 15) is 14.7 Å². The number of rotatable bonds is 2. The van der Waals surface area contributed by atoms with Crippen molar-refractivity contribution >= 4 is 27.8 Å². The molecule has 3 unspecified atom stereocenters. The highest BCUT2D eigenvalue weighted by Gasteiger charge is 2.49. The third-order valence-electron chi connectivity index (χ3n) is 5.25. The number of amides is 1. The standard InChI is InChI=1S/C17H18BrNO5/c18-12-6-10(7-13-15(12)24-5-4-23-13)16(20)19-8-9-2-1-3-11(9)14(19)17(21)22/h6-7,9,11,14H,1-5,8H2,(H,21,22). The number of hydrogen-bond acceptors (Lipinski definition) is 4. The van der Waals surface area contributed by atoms with Crippen molar-refractivity contribution in [2.75, 3.05) is 19.8 Å². The minimum Gasteiger partial charge on any atom is -0.486 e. The fraction of sp³-hybridized carbons (Fsp3) is 0.529. The Bertz CT molecular complexity index is 706. The Hall–Kier alpha value is -1.76. The third kappa shape index (κ3) is 2.46. The molecule has 24 heavy (non-hydrogen) atoms. The Balaban J connectivity index is 1.66. The number of carbonyl (C=O) groups is 2. The lowest BCUT2D eigenvalue weighted by atomic mass is 9.94. The molecule has 2 aliphatic heterocycles. The lowest BCUT2D eigenvalue weighted by molar-refractivity contribution is -0.142. The van der Waals surface area contributed by atoms with Gasteiger partial charge in [0.15, 0.2) is 11.5 Å². The largest absolute Gasteiger partial charge is 0.486 e. The maximum atomic E-state index is 13.0. The molecule has 128 valence electrons. The maximum absolute atomic E-state index is 13.0. The van der Waals surface area contributed by atoms with Crippen LogP contribution in [0.25, 0.3) is 0 Å². The Morgan fingerprint density at radius 3 is 2.79 bits per heavy atom. The molecule has 2 fully saturated rings. The van der Waals surface area contributed by atoms with E-state index in [1.54, 1.807) is 12.1 Å². The zero-order valence-electron chi connectivity index (χ0n) is 13.0. The minimum atomic E-state index is -0.908. The number of fused-ring (bicyclic) bond motifs is 2. The average molecular weight is 396 g/mol. The maximum Gasteiger partial charge on any atom is 0.326 e. The van der Waals surface area contributed by atoms with E-state index in [1.165, 1.54) is 4.90 Å². The molecule has 1 N–H and O–H groups in total.